The lowest BCUT2D eigenvalue weighted by Gasteiger charge is -2.25. The summed E-state index contributed by atoms with van der Waals surface area (Å²) in [6.07, 6.45) is 8.76. The van der Waals surface area contributed by atoms with Gasteiger partial charge in [-0.25, -0.2) is 0 Å². The van der Waals surface area contributed by atoms with E-state index in [0.717, 1.165) is 39.6 Å². The number of anilines is 5. The van der Waals surface area contributed by atoms with Gasteiger partial charge in [0, 0.05) is 34.6 Å². The first-order valence-electron chi connectivity index (χ1n) is 17.0. The first kappa shape index (κ1) is 30.7. The number of hydrogen-bond donors (Lipinski definition) is 0. The fourth-order valence-electron chi connectivity index (χ4n) is 6.48. The summed E-state index contributed by atoms with van der Waals surface area (Å²) < 4.78 is 0. The van der Waals surface area contributed by atoms with Crippen LogP contribution in [0.5, 0.6) is 0 Å². The van der Waals surface area contributed by atoms with E-state index in [1.165, 1.54) is 27.1 Å². The predicted octanol–water partition coefficient (Wildman–Crippen LogP) is 13.4. The summed E-state index contributed by atoms with van der Waals surface area (Å²) in [4.78, 5) is 4.51. The topological polar surface area (TPSA) is 6.48 Å². The minimum absolute atomic E-state index is 1.12. The van der Waals surface area contributed by atoms with Crippen LogP contribution in [0.4, 0.5) is 28.4 Å². The Bertz CT molecular complexity index is 2320. The Morgan fingerprint density at radius 1 is 0.300 bits per heavy atom. The van der Waals surface area contributed by atoms with Crippen LogP contribution in [0, 0.1) is 0 Å². The van der Waals surface area contributed by atoms with Gasteiger partial charge in [-0.1, -0.05) is 133 Å². The van der Waals surface area contributed by atoms with Crippen molar-refractivity contribution in [1.29, 1.82) is 0 Å². The highest BCUT2D eigenvalue weighted by Crippen LogP contribution is 2.35. The number of rotatable bonds is 9. The second-order valence-corrected chi connectivity index (χ2v) is 12.3. The van der Waals surface area contributed by atoms with Crippen LogP contribution in [-0.2, 0) is 0 Å². The second-order valence-electron chi connectivity index (χ2n) is 12.3. The molecule has 0 aliphatic heterocycles. The minimum Gasteiger partial charge on any atom is -0.317 e. The van der Waals surface area contributed by atoms with Gasteiger partial charge in [-0.2, -0.15) is 0 Å². The van der Waals surface area contributed by atoms with Gasteiger partial charge >= 0.3 is 0 Å². The third-order valence-electron chi connectivity index (χ3n) is 9.02. The zero-order chi connectivity index (χ0) is 33.5. The molecule has 0 atom stereocenters. The molecule has 0 aromatic heterocycles. The maximum Gasteiger partial charge on any atom is 0.0462 e. The molecule has 0 bridgehead atoms. The van der Waals surface area contributed by atoms with Gasteiger partial charge in [0.05, 0.1) is 0 Å². The molecule has 0 spiro atoms. The fraction of sp³-hybridized carbons (Fsp3) is 0. The third-order valence-corrected chi connectivity index (χ3v) is 9.02. The molecule has 8 aromatic carbocycles. The van der Waals surface area contributed by atoms with Gasteiger partial charge in [-0.15, -0.1) is 0 Å². The van der Waals surface area contributed by atoms with Gasteiger partial charge in [-0.05, 0) is 117 Å². The molecule has 0 fully saturated rings. The molecule has 0 saturated heterocycles. The van der Waals surface area contributed by atoms with E-state index in [1.807, 2.05) is 0 Å². The highest BCUT2D eigenvalue weighted by Gasteiger charge is 2.11. The van der Waals surface area contributed by atoms with E-state index in [0.29, 0.717) is 0 Å². The van der Waals surface area contributed by atoms with E-state index in [1.54, 1.807) is 0 Å². The van der Waals surface area contributed by atoms with Crippen molar-refractivity contribution in [2.24, 2.45) is 0 Å². The van der Waals surface area contributed by atoms with Gasteiger partial charge in [-0.3, -0.25) is 0 Å². The molecule has 8 rings (SSSR count). The SMILES string of the molecule is C(=C\c1ccc2ccc3ccc(/C=C/N(c4ccccc4)c4ccccc4)cc3c2c1)/c1ccc(N(c2ccccc2)c2ccccc2)cc1. The van der Waals surface area contributed by atoms with Crippen LogP contribution in [0.1, 0.15) is 16.7 Å². The number of benzene rings is 8. The van der Waals surface area contributed by atoms with Crippen LogP contribution in [0.25, 0.3) is 39.8 Å². The standard InChI is InChI=1S/C48H36N2/c1-5-13-42(14-6-1)49(43-15-7-2-8-16-43)34-33-39-24-28-41-30-29-40-27-23-38(35-47(40)48(41)36-39)22-21-37-25-31-46(32-26-37)50(44-17-9-3-10-18-44)45-19-11-4-12-20-45/h1-36H/b22-21+,34-33+. The average Bonchev–Trinajstić information content (AvgIpc) is 3.19. The average molecular weight is 641 g/mol. The van der Waals surface area contributed by atoms with Crippen LogP contribution in [-0.4, -0.2) is 0 Å². The summed E-state index contributed by atoms with van der Waals surface area (Å²) in [5.74, 6) is 0. The predicted molar refractivity (Wildman–Crippen MR) is 216 cm³/mol. The molecule has 0 N–H and O–H groups in total. The monoisotopic (exact) mass is 640 g/mol. The molecule has 0 aliphatic carbocycles. The van der Waals surface area contributed by atoms with Gasteiger partial charge in [0.15, 0.2) is 0 Å². The largest absolute Gasteiger partial charge is 0.317 e. The highest BCUT2D eigenvalue weighted by atomic mass is 15.1. The Kier molecular flexibility index (Phi) is 8.73. The quantitative estimate of drug-likeness (QED) is 0.114. The molecule has 0 amide bonds. The summed E-state index contributed by atoms with van der Waals surface area (Å²) in [7, 11) is 0. The summed E-state index contributed by atoms with van der Waals surface area (Å²) in [5, 5.41) is 4.96. The van der Waals surface area contributed by atoms with E-state index in [4.69, 9.17) is 0 Å². The first-order valence-corrected chi connectivity index (χ1v) is 17.0. The van der Waals surface area contributed by atoms with Crippen LogP contribution >= 0.6 is 0 Å². The van der Waals surface area contributed by atoms with E-state index in [2.05, 4.69) is 228 Å². The summed E-state index contributed by atoms with van der Waals surface area (Å²) >= 11 is 0. The maximum atomic E-state index is 2.31. The molecule has 0 saturated carbocycles. The smallest absolute Gasteiger partial charge is 0.0462 e. The summed E-state index contributed by atoms with van der Waals surface area (Å²) in [6.45, 7) is 0. The number of para-hydroxylation sites is 4. The molecule has 238 valence electrons. The Balaban J connectivity index is 1.08. The van der Waals surface area contributed by atoms with Gasteiger partial charge in [0.1, 0.15) is 0 Å². The number of nitrogens with zero attached hydrogens (tertiary/aromatic N) is 2. The zero-order valence-corrected chi connectivity index (χ0v) is 27.7. The Labute approximate surface area is 294 Å². The molecule has 2 nitrogen and oxygen atoms in total. The highest BCUT2D eigenvalue weighted by molar-refractivity contribution is 6.08. The van der Waals surface area contributed by atoms with Crippen molar-refractivity contribution in [3.8, 4) is 0 Å². The lowest BCUT2D eigenvalue weighted by atomic mass is 9.98. The molecule has 8 aromatic rings. The van der Waals surface area contributed by atoms with Crippen LogP contribution in [0.3, 0.4) is 0 Å². The minimum atomic E-state index is 1.12. The van der Waals surface area contributed by atoms with Crippen molar-refractivity contribution >= 4 is 68.2 Å². The Morgan fingerprint density at radius 2 is 0.660 bits per heavy atom. The fourth-order valence-corrected chi connectivity index (χ4v) is 6.48. The van der Waals surface area contributed by atoms with Crippen LogP contribution in [0.15, 0.2) is 200 Å². The van der Waals surface area contributed by atoms with Crippen molar-refractivity contribution in [3.63, 3.8) is 0 Å². The molecule has 0 heterocycles. The van der Waals surface area contributed by atoms with Gasteiger partial charge in [0.25, 0.3) is 0 Å². The van der Waals surface area contributed by atoms with E-state index >= 15 is 0 Å². The molecule has 50 heavy (non-hydrogen) atoms. The first-order chi connectivity index (χ1) is 24.8. The third kappa shape index (κ3) is 6.69. The summed E-state index contributed by atoms with van der Waals surface area (Å²) in [6, 6.07) is 68.7. The zero-order valence-electron chi connectivity index (χ0n) is 27.7. The Morgan fingerprint density at radius 3 is 1.14 bits per heavy atom. The number of fused-ring (bicyclic) bond motifs is 3. The maximum absolute atomic E-state index is 2.31. The molecule has 0 radical (unpaired) electrons. The number of hydrogen-bond acceptors (Lipinski definition) is 2. The second kappa shape index (κ2) is 14.2. The normalized spacial score (nSPS) is 11.4. The molecule has 0 unspecified atom stereocenters. The molecule has 2 heteroatoms. The van der Waals surface area contributed by atoms with Crippen molar-refractivity contribution in [3.05, 3.63) is 217 Å². The lowest BCUT2D eigenvalue weighted by molar-refractivity contribution is 1.28. The van der Waals surface area contributed by atoms with Crippen molar-refractivity contribution in [1.82, 2.24) is 0 Å². The van der Waals surface area contributed by atoms with Gasteiger partial charge in [0.2, 0.25) is 0 Å². The van der Waals surface area contributed by atoms with Crippen molar-refractivity contribution < 1.29 is 0 Å². The van der Waals surface area contributed by atoms with E-state index in [9.17, 15) is 0 Å². The van der Waals surface area contributed by atoms with Crippen molar-refractivity contribution in [2.75, 3.05) is 9.80 Å². The lowest BCUT2D eigenvalue weighted by Crippen LogP contribution is -2.09. The van der Waals surface area contributed by atoms with Gasteiger partial charge < -0.3 is 9.80 Å². The van der Waals surface area contributed by atoms with Crippen LogP contribution < -0.4 is 9.80 Å². The van der Waals surface area contributed by atoms with E-state index < -0.39 is 0 Å². The molecular formula is C48H36N2. The van der Waals surface area contributed by atoms with Crippen LogP contribution in [0.2, 0.25) is 0 Å². The molecular weight excluding hydrogens is 605 g/mol. The van der Waals surface area contributed by atoms with E-state index in [-0.39, 0.29) is 0 Å². The summed E-state index contributed by atoms with van der Waals surface area (Å²) in [5.41, 5.74) is 9.11. The molecule has 0 aliphatic rings. The Hall–Kier alpha value is -6.64. The van der Waals surface area contributed by atoms with Crippen molar-refractivity contribution in [2.45, 2.75) is 0 Å².